The number of carbonyl (C=O) groups is 2. The van der Waals surface area contributed by atoms with E-state index in [4.69, 9.17) is 9.47 Å². The van der Waals surface area contributed by atoms with E-state index in [0.717, 1.165) is 5.69 Å². The zero-order valence-electron chi connectivity index (χ0n) is 16.7. The molecule has 7 nitrogen and oxygen atoms in total. The number of aryl methyl sites for hydroxylation is 1. The summed E-state index contributed by atoms with van der Waals surface area (Å²) in [6.07, 6.45) is -0.0132. The van der Waals surface area contributed by atoms with Crippen molar-refractivity contribution in [1.29, 1.82) is 0 Å². The van der Waals surface area contributed by atoms with Crippen LogP contribution in [-0.4, -0.2) is 35.7 Å². The largest absolute Gasteiger partial charge is 0.497 e. The molecule has 1 atom stereocenters. The Hall–Kier alpha value is -3.68. The van der Waals surface area contributed by atoms with Crippen molar-refractivity contribution in [3.8, 4) is 17.2 Å². The summed E-state index contributed by atoms with van der Waals surface area (Å²) in [7, 11) is 2.91. The fourth-order valence-electron chi connectivity index (χ4n) is 3.70. The van der Waals surface area contributed by atoms with Crippen molar-refractivity contribution in [2.75, 3.05) is 19.5 Å². The Morgan fingerprint density at radius 3 is 2.57 bits per heavy atom. The van der Waals surface area contributed by atoms with Gasteiger partial charge in [-0.15, -0.1) is 0 Å². The SMILES string of the molecule is COc1ccc(-n2nc(C)c3c2NC(=O)C[C@@H]3C(=O)c2ccc(F)c(OC)c2)cc1. The molecule has 1 aromatic heterocycles. The predicted molar refractivity (Wildman–Crippen MR) is 108 cm³/mol. The third kappa shape index (κ3) is 3.30. The maximum absolute atomic E-state index is 13.8. The molecule has 3 aromatic rings. The first kappa shape index (κ1) is 19.6. The minimum absolute atomic E-state index is 0.0132. The number of amides is 1. The van der Waals surface area contributed by atoms with Gasteiger partial charge in [-0.2, -0.15) is 5.10 Å². The quantitative estimate of drug-likeness (QED) is 0.651. The Morgan fingerprint density at radius 1 is 1.17 bits per heavy atom. The van der Waals surface area contributed by atoms with Gasteiger partial charge in [0.1, 0.15) is 11.6 Å². The molecule has 1 aliphatic heterocycles. The van der Waals surface area contributed by atoms with E-state index in [-0.39, 0.29) is 29.4 Å². The fourth-order valence-corrected chi connectivity index (χ4v) is 3.70. The minimum atomic E-state index is -0.726. The Balaban J connectivity index is 1.78. The second-order valence-electron chi connectivity index (χ2n) is 6.98. The monoisotopic (exact) mass is 409 g/mol. The summed E-state index contributed by atoms with van der Waals surface area (Å²) in [5.74, 6) is -0.728. The molecule has 0 radical (unpaired) electrons. The van der Waals surface area contributed by atoms with Gasteiger partial charge in [0.05, 0.1) is 31.5 Å². The molecule has 0 unspecified atom stereocenters. The molecular weight excluding hydrogens is 389 g/mol. The second kappa shape index (κ2) is 7.62. The molecule has 8 heteroatoms. The van der Waals surface area contributed by atoms with Gasteiger partial charge in [-0.05, 0) is 49.4 Å². The van der Waals surface area contributed by atoms with Gasteiger partial charge in [-0.1, -0.05) is 0 Å². The fraction of sp³-hybridized carbons (Fsp3) is 0.227. The van der Waals surface area contributed by atoms with Gasteiger partial charge < -0.3 is 14.8 Å². The molecule has 2 aromatic carbocycles. The highest BCUT2D eigenvalue weighted by atomic mass is 19.1. The number of rotatable bonds is 5. The third-order valence-corrected chi connectivity index (χ3v) is 5.17. The number of anilines is 1. The number of nitrogens with zero attached hydrogens (tertiary/aromatic N) is 2. The highest BCUT2D eigenvalue weighted by Crippen LogP contribution is 2.38. The highest BCUT2D eigenvalue weighted by molar-refractivity contribution is 6.08. The summed E-state index contributed by atoms with van der Waals surface area (Å²) in [6.45, 7) is 1.79. The van der Waals surface area contributed by atoms with Crippen LogP contribution in [0, 0.1) is 12.7 Å². The number of ketones is 1. The lowest BCUT2D eigenvalue weighted by Crippen LogP contribution is -2.28. The molecule has 4 rings (SSSR count). The van der Waals surface area contributed by atoms with Crippen molar-refractivity contribution in [3.05, 3.63) is 65.1 Å². The smallest absolute Gasteiger partial charge is 0.226 e. The van der Waals surface area contributed by atoms with Crippen LogP contribution in [0.2, 0.25) is 0 Å². The molecule has 0 bridgehead atoms. The van der Waals surface area contributed by atoms with Crippen LogP contribution in [0.5, 0.6) is 11.5 Å². The number of Topliss-reactive ketones (excluding diaryl/α,β-unsaturated/α-hetero) is 1. The lowest BCUT2D eigenvalue weighted by atomic mass is 9.85. The minimum Gasteiger partial charge on any atom is -0.497 e. The number of benzene rings is 2. The first-order chi connectivity index (χ1) is 14.4. The Labute approximate surface area is 172 Å². The molecule has 0 saturated heterocycles. The summed E-state index contributed by atoms with van der Waals surface area (Å²) in [6, 6.07) is 11.1. The van der Waals surface area contributed by atoms with Gasteiger partial charge in [0.15, 0.2) is 17.3 Å². The van der Waals surface area contributed by atoms with Crippen molar-refractivity contribution in [1.82, 2.24) is 9.78 Å². The Kier molecular flexibility index (Phi) is 4.99. The number of hydrogen-bond donors (Lipinski definition) is 1. The van der Waals surface area contributed by atoms with Crippen LogP contribution in [0.3, 0.4) is 0 Å². The van der Waals surface area contributed by atoms with E-state index in [2.05, 4.69) is 10.4 Å². The molecule has 1 N–H and O–H groups in total. The molecule has 0 saturated carbocycles. The lowest BCUT2D eigenvalue weighted by Gasteiger charge is -2.23. The summed E-state index contributed by atoms with van der Waals surface area (Å²) < 4.78 is 25.5. The van der Waals surface area contributed by atoms with E-state index in [0.29, 0.717) is 22.8 Å². The van der Waals surface area contributed by atoms with E-state index in [9.17, 15) is 14.0 Å². The molecule has 30 heavy (non-hydrogen) atoms. The number of carbonyl (C=O) groups excluding carboxylic acids is 2. The first-order valence-electron chi connectivity index (χ1n) is 9.34. The van der Waals surface area contributed by atoms with Crippen LogP contribution in [0.4, 0.5) is 10.2 Å². The van der Waals surface area contributed by atoms with Crippen LogP contribution in [-0.2, 0) is 4.79 Å². The Morgan fingerprint density at radius 2 is 1.90 bits per heavy atom. The first-order valence-corrected chi connectivity index (χ1v) is 9.34. The number of aromatic nitrogens is 2. The van der Waals surface area contributed by atoms with Gasteiger partial charge in [0.25, 0.3) is 0 Å². The summed E-state index contributed by atoms with van der Waals surface area (Å²) >= 11 is 0. The highest BCUT2D eigenvalue weighted by Gasteiger charge is 2.36. The maximum atomic E-state index is 13.8. The van der Waals surface area contributed by atoms with E-state index in [1.54, 1.807) is 30.8 Å². The summed E-state index contributed by atoms with van der Waals surface area (Å²) in [5, 5.41) is 7.39. The van der Waals surface area contributed by atoms with Crippen molar-refractivity contribution in [2.45, 2.75) is 19.3 Å². The molecule has 1 aliphatic rings. The zero-order chi connectivity index (χ0) is 21.4. The van der Waals surface area contributed by atoms with E-state index in [1.807, 2.05) is 12.1 Å². The number of nitrogens with one attached hydrogen (secondary N) is 1. The molecule has 0 fully saturated rings. The number of methoxy groups -OCH3 is 2. The maximum Gasteiger partial charge on any atom is 0.226 e. The number of halogens is 1. The topological polar surface area (TPSA) is 82.5 Å². The van der Waals surface area contributed by atoms with Crippen LogP contribution < -0.4 is 14.8 Å². The summed E-state index contributed by atoms with van der Waals surface area (Å²) in [4.78, 5) is 25.7. The zero-order valence-corrected chi connectivity index (χ0v) is 16.7. The van der Waals surface area contributed by atoms with E-state index < -0.39 is 11.7 Å². The molecule has 1 amide bonds. The average molecular weight is 409 g/mol. The molecule has 0 spiro atoms. The van der Waals surface area contributed by atoms with Gasteiger partial charge in [0.2, 0.25) is 5.91 Å². The van der Waals surface area contributed by atoms with Crippen molar-refractivity contribution < 1.29 is 23.5 Å². The van der Waals surface area contributed by atoms with Crippen LogP contribution in [0.1, 0.15) is 34.0 Å². The normalized spacial score (nSPS) is 15.3. The number of fused-ring (bicyclic) bond motifs is 1. The average Bonchev–Trinajstić information content (AvgIpc) is 3.09. The van der Waals surface area contributed by atoms with Crippen LogP contribution in [0.15, 0.2) is 42.5 Å². The molecule has 2 heterocycles. The molecule has 154 valence electrons. The number of ether oxygens (including phenoxy) is 2. The van der Waals surface area contributed by atoms with Gasteiger partial charge in [-0.25, -0.2) is 9.07 Å². The van der Waals surface area contributed by atoms with E-state index in [1.165, 1.54) is 25.3 Å². The second-order valence-corrected chi connectivity index (χ2v) is 6.98. The molecule has 0 aliphatic carbocycles. The standard InChI is InChI=1S/C22H20FN3O4/c1-12-20-16(21(28)13-4-9-17(23)18(10-13)30-3)11-19(27)24-22(20)26(25-12)14-5-7-15(29-2)8-6-14/h4-10,16H,11H2,1-3H3,(H,24,27)/t16-/m0/s1. The van der Waals surface area contributed by atoms with Gasteiger partial charge in [0, 0.05) is 17.5 Å². The number of hydrogen-bond acceptors (Lipinski definition) is 5. The Bertz CT molecular complexity index is 1140. The van der Waals surface area contributed by atoms with Gasteiger partial charge in [-0.3, -0.25) is 9.59 Å². The van der Waals surface area contributed by atoms with Crippen LogP contribution in [0.25, 0.3) is 5.69 Å². The predicted octanol–water partition coefficient (Wildman–Crippen LogP) is 3.65. The summed E-state index contributed by atoms with van der Waals surface area (Å²) in [5.41, 5.74) is 2.28. The molecular formula is C22H20FN3O4. The van der Waals surface area contributed by atoms with Crippen molar-refractivity contribution >= 4 is 17.5 Å². The van der Waals surface area contributed by atoms with Crippen molar-refractivity contribution in [3.63, 3.8) is 0 Å². The lowest BCUT2D eigenvalue weighted by molar-refractivity contribution is -0.116. The third-order valence-electron chi connectivity index (χ3n) is 5.17. The van der Waals surface area contributed by atoms with Crippen molar-refractivity contribution in [2.24, 2.45) is 0 Å². The van der Waals surface area contributed by atoms with Crippen LogP contribution >= 0.6 is 0 Å². The van der Waals surface area contributed by atoms with E-state index >= 15 is 0 Å². The van der Waals surface area contributed by atoms with Gasteiger partial charge >= 0.3 is 0 Å².